The molecule has 0 unspecified atom stereocenters. The van der Waals surface area contributed by atoms with E-state index in [1.165, 1.54) is 0 Å². The molecule has 0 fully saturated rings. The van der Waals surface area contributed by atoms with Gasteiger partial charge in [-0.15, -0.1) is 4.95 Å². The molecule has 0 aromatic rings. The highest BCUT2D eigenvalue weighted by atomic mass is 35.5. The Morgan fingerprint density at radius 1 is 2.00 bits per heavy atom. The van der Waals surface area contributed by atoms with Crippen LogP contribution < -0.4 is 5.73 Å². The molecular formula is C2H2ClN3. The predicted molar refractivity (Wildman–Crippen MR) is 24.1 cm³/mol. The molecule has 0 saturated carbocycles. The quantitative estimate of drug-likeness (QED) is 0.156. The van der Waals surface area contributed by atoms with Crippen molar-refractivity contribution in [3.8, 4) is 0 Å². The zero-order valence-corrected chi connectivity index (χ0v) is 3.61. The van der Waals surface area contributed by atoms with E-state index in [1.54, 1.807) is 0 Å². The van der Waals surface area contributed by atoms with Gasteiger partial charge in [0.25, 0.3) is 5.29 Å². The molecule has 0 heterocycles. The smallest absolute Gasteiger partial charge is 0.275 e. The maximum Gasteiger partial charge on any atom is 0.275 e. The fraction of sp³-hybridized carbons (Fsp3) is 0. The third-order valence-corrected chi connectivity index (χ3v) is 0.221. The fourth-order valence-electron chi connectivity index (χ4n) is 0.0478. The molecule has 6 heavy (non-hydrogen) atoms. The summed E-state index contributed by atoms with van der Waals surface area (Å²) in [6.07, 6.45) is 0. The van der Waals surface area contributed by atoms with Gasteiger partial charge in [-0.3, -0.25) is 0 Å². The van der Waals surface area contributed by atoms with E-state index < -0.39 is 0 Å². The highest BCUT2D eigenvalue weighted by Gasteiger charge is 1.77. The van der Waals surface area contributed by atoms with Crippen molar-refractivity contribution in [2.24, 2.45) is 10.8 Å². The minimum Gasteiger partial charge on any atom is -0.368 e. The van der Waals surface area contributed by atoms with Crippen molar-refractivity contribution < 1.29 is 0 Å². The highest BCUT2D eigenvalue weighted by Crippen LogP contribution is 1.73. The first-order valence-electron chi connectivity index (χ1n) is 1.12. The molecule has 4 heteroatoms. The molecule has 0 aromatic heterocycles. The van der Waals surface area contributed by atoms with E-state index in [4.69, 9.17) is 23.9 Å². The molecule has 0 rings (SSSR count). The van der Waals surface area contributed by atoms with E-state index in [0.717, 1.165) is 0 Å². The normalized spacial score (nSPS) is 10.3. The molecule has 3 nitrogen and oxygen atoms in total. The number of hydrogen-bond acceptors (Lipinski definition) is 1. The number of rotatable bonds is 0. The van der Waals surface area contributed by atoms with Gasteiger partial charge in [-0.25, -0.2) is 0 Å². The lowest BCUT2D eigenvalue weighted by Gasteiger charge is -1.64. The highest BCUT2D eigenvalue weighted by molar-refractivity contribution is 6.64. The van der Waals surface area contributed by atoms with Crippen molar-refractivity contribution in [3.05, 3.63) is 11.5 Å². The van der Waals surface area contributed by atoms with E-state index in [0.29, 0.717) is 0 Å². The topological polar surface area (TPSA) is 42.7 Å². The Hall–Kier alpha value is -0.750. The summed E-state index contributed by atoms with van der Waals surface area (Å²) in [7, 11) is 0. The van der Waals surface area contributed by atoms with Gasteiger partial charge in [0, 0.05) is 0 Å². The first kappa shape index (κ1) is 5.25. The summed E-state index contributed by atoms with van der Waals surface area (Å²) >= 11 is 4.89. The van der Waals surface area contributed by atoms with Crippen LogP contribution in [0.2, 0.25) is 0 Å². The van der Waals surface area contributed by atoms with Gasteiger partial charge in [0.1, 0.15) is 5.10 Å². The summed E-state index contributed by atoms with van der Waals surface area (Å²) in [4.78, 5) is 2.52. The zero-order valence-electron chi connectivity index (χ0n) is 2.85. The van der Waals surface area contributed by atoms with Crippen LogP contribution in [-0.4, -0.2) is 5.29 Å². The second-order valence-electron chi connectivity index (χ2n) is 0.523. The molecular weight excluding hydrogens is 101 g/mol. The van der Waals surface area contributed by atoms with Crippen LogP contribution in [0.4, 0.5) is 0 Å². The Morgan fingerprint density at radius 2 is 2.50 bits per heavy atom. The van der Waals surface area contributed by atoms with Crippen LogP contribution in [0.1, 0.15) is 0 Å². The molecule has 0 aliphatic heterocycles. The Labute approximate surface area is 40.2 Å². The molecule has 0 radical (unpaired) electrons. The summed E-state index contributed by atoms with van der Waals surface area (Å²) in [5.74, 6) is 0. The third kappa shape index (κ3) is 3.25. The van der Waals surface area contributed by atoms with Crippen molar-refractivity contribution in [1.82, 2.24) is 0 Å². The van der Waals surface area contributed by atoms with Gasteiger partial charge in [-0.2, -0.15) is 6.57 Å². The van der Waals surface area contributed by atoms with E-state index in [1.807, 2.05) is 0 Å². The lowest BCUT2D eigenvalue weighted by molar-refractivity contribution is 1.54. The summed E-state index contributed by atoms with van der Waals surface area (Å²) in [5.41, 5.74) is 4.70. The summed E-state index contributed by atoms with van der Waals surface area (Å²) < 4.78 is 0. The van der Waals surface area contributed by atoms with E-state index >= 15 is 0 Å². The van der Waals surface area contributed by atoms with Gasteiger partial charge in [0.2, 0.25) is 0 Å². The van der Waals surface area contributed by atoms with Gasteiger partial charge in [-0.05, 0) is 11.6 Å². The van der Waals surface area contributed by atoms with Crippen molar-refractivity contribution in [3.63, 3.8) is 0 Å². The van der Waals surface area contributed by atoms with Crippen molar-refractivity contribution in [2.75, 3.05) is 0 Å². The van der Waals surface area contributed by atoms with E-state index in [-0.39, 0.29) is 5.29 Å². The van der Waals surface area contributed by atoms with Gasteiger partial charge in [-0.1, -0.05) is 0 Å². The van der Waals surface area contributed by atoms with Gasteiger partial charge < -0.3 is 5.73 Å². The van der Waals surface area contributed by atoms with Crippen LogP contribution in [0, 0.1) is 6.57 Å². The lowest BCUT2D eigenvalue weighted by Crippen LogP contribution is -1.98. The van der Waals surface area contributed by atoms with Crippen LogP contribution in [-0.2, 0) is 0 Å². The molecule has 0 amide bonds. The maximum absolute atomic E-state index is 6.01. The summed E-state index contributed by atoms with van der Waals surface area (Å²) in [6.45, 7) is 6.01. The standard InChI is InChI=1S/C2H2ClN3/c1-5-6-2(3)4/h(H2,4,6). The van der Waals surface area contributed by atoms with Crippen molar-refractivity contribution >= 4 is 16.9 Å². The molecule has 0 saturated heterocycles. The molecule has 0 aromatic carbocycles. The number of nitrogens with zero attached hydrogens (tertiary/aromatic N) is 2. The minimum absolute atomic E-state index is 0.218. The SMILES string of the molecule is [C-]#[N+]N=C(N)Cl. The lowest BCUT2D eigenvalue weighted by atomic mass is 11.4. The van der Waals surface area contributed by atoms with Gasteiger partial charge >= 0.3 is 0 Å². The number of nitrogens with two attached hydrogens (primary N) is 1. The second kappa shape index (κ2) is 2.49. The average Bonchev–Trinajstić information content (AvgIpc) is 1.35. The number of amidine groups is 1. The maximum atomic E-state index is 6.01. The Morgan fingerprint density at radius 3 is 2.50 bits per heavy atom. The molecule has 32 valence electrons. The monoisotopic (exact) mass is 103 g/mol. The van der Waals surface area contributed by atoms with Crippen LogP contribution in [0.5, 0.6) is 0 Å². The average molecular weight is 104 g/mol. The van der Waals surface area contributed by atoms with Crippen molar-refractivity contribution in [1.29, 1.82) is 0 Å². The molecule has 0 bridgehead atoms. The Kier molecular flexibility index (Phi) is 2.17. The van der Waals surface area contributed by atoms with Gasteiger partial charge in [0.05, 0.1) is 0 Å². The van der Waals surface area contributed by atoms with Crippen LogP contribution in [0.25, 0.3) is 4.95 Å². The van der Waals surface area contributed by atoms with Crippen LogP contribution in [0.3, 0.4) is 0 Å². The Balaban J connectivity index is 3.51. The first-order chi connectivity index (χ1) is 2.77. The molecule has 0 spiro atoms. The summed E-state index contributed by atoms with van der Waals surface area (Å²) in [6, 6.07) is 0. The zero-order chi connectivity index (χ0) is 4.99. The molecule has 0 aliphatic rings. The molecule has 2 N–H and O–H groups in total. The number of hydrogen-bond donors (Lipinski definition) is 1. The first-order valence-corrected chi connectivity index (χ1v) is 1.50. The van der Waals surface area contributed by atoms with Crippen LogP contribution >= 0.6 is 11.6 Å². The van der Waals surface area contributed by atoms with E-state index in [2.05, 4.69) is 10.1 Å². The van der Waals surface area contributed by atoms with E-state index in [9.17, 15) is 0 Å². The fourth-order valence-corrected chi connectivity index (χ4v) is 0.0856. The predicted octanol–water partition coefficient (Wildman–Crippen LogP) is 0.374. The van der Waals surface area contributed by atoms with Crippen molar-refractivity contribution in [2.45, 2.75) is 0 Å². The third-order valence-electron chi connectivity index (χ3n) is 0.146. The molecule has 0 aliphatic carbocycles. The largest absolute Gasteiger partial charge is 0.368 e. The number of halogens is 1. The minimum atomic E-state index is -0.218. The van der Waals surface area contributed by atoms with Crippen LogP contribution in [0.15, 0.2) is 5.10 Å². The Bertz CT molecular complexity index is 95.9. The summed E-state index contributed by atoms with van der Waals surface area (Å²) in [5, 5.41) is 2.66. The van der Waals surface area contributed by atoms with Gasteiger partial charge in [0.15, 0.2) is 0 Å². The molecule has 0 atom stereocenters. The second-order valence-corrected chi connectivity index (χ2v) is 0.910.